The lowest BCUT2D eigenvalue weighted by molar-refractivity contribution is -0.140. The first-order valence-electron chi connectivity index (χ1n) is 11.8. The van der Waals surface area contributed by atoms with Crippen molar-refractivity contribution in [3.63, 3.8) is 0 Å². The van der Waals surface area contributed by atoms with Crippen molar-refractivity contribution in [3.05, 3.63) is 48.0 Å². The van der Waals surface area contributed by atoms with Crippen molar-refractivity contribution in [1.29, 1.82) is 0 Å². The second-order valence-corrected chi connectivity index (χ2v) is 8.92. The number of hydrogen-bond donors (Lipinski definition) is 3. The van der Waals surface area contributed by atoms with Crippen LogP contribution < -0.4 is 0 Å². The average Bonchev–Trinajstić information content (AvgIpc) is 2.80. The molecule has 0 aromatic heterocycles. The Labute approximate surface area is 204 Å². The molecule has 3 N–H and O–H groups in total. The summed E-state index contributed by atoms with van der Waals surface area (Å²) in [6.07, 6.45) is 0. The van der Waals surface area contributed by atoms with Gasteiger partial charge in [-0.2, -0.15) is 0 Å². The van der Waals surface area contributed by atoms with Gasteiger partial charge in [0.1, 0.15) is 0 Å². The number of fused-ring (bicyclic) bond motifs is 1. The second-order valence-electron chi connectivity index (χ2n) is 8.92. The molecule has 10 heteroatoms. The number of carbonyl (C=O) groups is 3. The molecule has 0 bridgehead atoms. The average molecular weight is 487 g/mol. The largest absolute Gasteiger partial charge is 0.480 e. The molecule has 1 heterocycles. The normalized spacial score (nSPS) is 18.1. The SMILES string of the molecule is O=C(O)CN1CCN(CC(=O)O)CCN(Cc2cccc3ccccc23)CCN(CC(=O)O)CC1. The highest BCUT2D eigenvalue weighted by Crippen LogP contribution is 2.20. The van der Waals surface area contributed by atoms with Crippen LogP contribution in [0.3, 0.4) is 0 Å². The number of hydrogen-bond acceptors (Lipinski definition) is 7. The summed E-state index contributed by atoms with van der Waals surface area (Å²) in [5.74, 6) is -2.81. The summed E-state index contributed by atoms with van der Waals surface area (Å²) < 4.78 is 0. The third-order valence-electron chi connectivity index (χ3n) is 6.28. The maximum absolute atomic E-state index is 11.4. The molecular formula is C25H34N4O6. The molecule has 0 radical (unpaired) electrons. The van der Waals surface area contributed by atoms with Gasteiger partial charge in [-0.25, -0.2) is 0 Å². The van der Waals surface area contributed by atoms with Gasteiger partial charge in [-0.1, -0.05) is 42.5 Å². The van der Waals surface area contributed by atoms with Gasteiger partial charge in [0.2, 0.25) is 0 Å². The summed E-state index contributed by atoms with van der Waals surface area (Å²) in [7, 11) is 0. The number of benzene rings is 2. The summed E-state index contributed by atoms with van der Waals surface area (Å²) in [5.41, 5.74) is 1.16. The molecule has 190 valence electrons. The van der Waals surface area contributed by atoms with Crippen LogP contribution >= 0.6 is 0 Å². The summed E-state index contributed by atoms with van der Waals surface area (Å²) in [6, 6.07) is 14.4. The van der Waals surface area contributed by atoms with E-state index in [-0.39, 0.29) is 19.6 Å². The van der Waals surface area contributed by atoms with E-state index in [9.17, 15) is 29.7 Å². The van der Waals surface area contributed by atoms with Crippen molar-refractivity contribution in [2.45, 2.75) is 6.54 Å². The van der Waals surface area contributed by atoms with Crippen LogP contribution in [0.2, 0.25) is 0 Å². The van der Waals surface area contributed by atoms with Gasteiger partial charge in [-0.3, -0.25) is 34.0 Å². The van der Waals surface area contributed by atoms with Crippen molar-refractivity contribution in [2.75, 3.05) is 72.0 Å². The van der Waals surface area contributed by atoms with Crippen LogP contribution in [0, 0.1) is 0 Å². The summed E-state index contributed by atoms with van der Waals surface area (Å²) in [6.45, 7) is 4.11. The number of rotatable bonds is 8. The standard InChI is InChI=1S/C25H34N4O6/c30-23(31)17-27-10-8-26(16-21-6-3-5-20-4-1-2-7-22(20)21)9-11-28(18-24(32)33)13-15-29(14-12-27)19-25(34)35/h1-7H,8-19H2,(H,30,31)(H,32,33)(H,34,35). The van der Waals surface area contributed by atoms with Crippen LogP contribution in [0.15, 0.2) is 42.5 Å². The zero-order valence-corrected chi connectivity index (χ0v) is 19.9. The van der Waals surface area contributed by atoms with E-state index in [1.807, 2.05) is 28.0 Å². The van der Waals surface area contributed by atoms with Crippen LogP contribution in [-0.2, 0) is 20.9 Å². The number of aliphatic carboxylic acids is 3. The van der Waals surface area contributed by atoms with Gasteiger partial charge in [0, 0.05) is 58.9 Å². The van der Waals surface area contributed by atoms with Crippen molar-refractivity contribution in [2.24, 2.45) is 0 Å². The fourth-order valence-electron chi connectivity index (χ4n) is 4.46. The van der Waals surface area contributed by atoms with E-state index in [0.29, 0.717) is 58.9 Å². The van der Waals surface area contributed by atoms with Gasteiger partial charge < -0.3 is 15.3 Å². The molecule has 0 saturated carbocycles. The van der Waals surface area contributed by atoms with E-state index in [2.05, 4.69) is 29.2 Å². The van der Waals surface area contributed by atoms with Gasteiger partial charge in [-0.15, -0.1) is 0 Å². The Bertz CT molecular complexity index is 979. The highest BCUT2D eigenvalue weighted by atomic mass is 16.4. The quantitative estimate of drug-likeness (QED) is 0.494. The molecule has 2 aromatic carbocycles. The third kappa shape index (κ3) is 8.91. The Morgan fingerprint density at radius 2 is 0.971 bits per heavy atom. The summed E-state index contributed by atoms with van der Waals surface area (Å²) in [5, 5.41) is 30.3. The van der Waals surface area contributed by atoms with Crippen molar-refractivity contribution < 1.29 is 29.7 Å². The monoisotopic (exact) mass is 486 g/mol. The van der Waals surface area contributed by atoms with Gasteiger partial charge in [-0.05, 0) is 16.3 Å². The molecule has 1 aliphatic heterocycles. The minimum atomic E-state index is -0.965. The highest BCUT2D eigenvalue weighted by Gasteiger charge is 2.20. The van der Waals surface area contributed by atoms with E-state index < -0.39 is 17.9 Å². The van der Waals surface area contributed by atoms with Crippen molar-refractivity contribution >= 4 is 28.7 Å². The van der Waals surface area contributed by atoms with Crippen molar-refractivity contribution in [1.82, 2.24) is 19.6 Å². The minimum absolute atomic E-state index is 0.117. The maximum atomic E-state index is 11.4. The predicted octanol–water partition coefficient (Wildman–Crippen LogP) is 0.815. The fraction of sp³-hybridized carbons (Fsp3) is 0.480. The predicted molar refractivity (Wildman–Crippen MR) is 131 cm³/mol. The van der Waals surface area contributed by atoms with E-state index >= 15 is 0 Å². The van der Waals surface area contributed by atoms with Crippen LogP contribution in [0.1, 0.15) is 5.56 Å². The lowest BCUT2D eigenvalue weighted by atomic mass is 10.0. The van der Waals surface area contributed by atoms with Crippen LogP contribution in [0.4, 0.5) is 0 Å². The first-order valence-corrected chi connectivity index (χ1v) is 11.8. The highest BCUT2D eigenvalue weighted by molar-refractivity contribution is 5.85. The Hall–Kier alpha value is -3.05. The van der Waals surface area contributed by atoms with Crippen molar-refractivity contribution in [3.8, 4) is 0 Å². The van der Waals surface area contributed by atoms with Crippen LogP contribution in [-0.4, -0.2) is 125 Å². The third-order valence-corrected chi connectivity index (χ3v) is 6.28. The maximum Gasteiger partial charge on any atom is 0.317 e. The number of carboxylic acids is 3. The van der Waals surface area contributed by atoms with E-state index in [0.717, 1.165) is 16.3 Å². The van der Waals surface area contributed by atoms with E-state index in [1.54, 1.807) is 4.90 Å². The van der Waals surface area contributed by atoms with Crippen LogP contribution in [0.5, 0.6) is 0 Å². The molecule has 0 atom stereocenters. The molecule has 0 spiro atoms. The summed E-state index contributed by atoms with van der Waals surface area (Å²) in [4.78, 5) is 41.8. The van der Waals surface area contributed by atoms with E-state index in [4.69, 9.17) is 0 Å². The van der Waals surface area contributed by atoms with Gasteiger partial charge in [0.05, 0.1) is 19.6 Å². The molecular weight excluding hydrogens is 452 g/mol. The van der Waals surface area contributed by atoms with E-state index in [1.165, 1.54) is 0 Å². The molecule has 0 amide bonds. The molecule has 1 saturated heterocycles. The topological polar surface area (TPSA) is 125 Å². The molecule has 1 aliphatic rings. The van der Waals surface area contributed by atoms with Gasteiger partial charge in [0.25, 0.3) is 0 Å². The first kappa shape index (κ1) is 26.6. The molecule has 2 aromatic rings. The van der Waals surface area contributed by atoms with Gasteiger partial charge >= 0.3 is 17.9 Å². The zero-order chi connectivity index (χ0) is 25.2. The summed E-state index contributed by atoms with van der Waals surface area (Å²) >= 11 is 0. The fourth-order valence-corrected chi connectivity index (χ4v) is 4.46. The molecule has 10 nitrogen and oxygen atoms in total. The lowest BCUT2D eigenvalue weighted by Gasteiger charge is -2.33. The minimum Gasteiger partial charge on any atom is -0.480 e. The number of carboxylic acid groups (broad SMARTS) is 3. The molecule has 0 aliphatic carbocycles. The Morgan fingerprint density at radius 3 is 1.43 bits per heavy atom. The Kier molecular flexibility index (Phi) is 9.98. The molecule has 3 rings (SSSR count). The smallest absolute Gasteiger partial charge is 0.317 e. The Balaban J connectivity index is 1.80. The molecule has 35 heavy (non-hydrogen) atoms. The lowest BCUT2D eigenvalue weighted by Crippen LogP contribution is -2.48. The molecule has 1 fully saturated rings. The molecule has 0 unspecified atom stereocenters. The van der Waals surface area contributed by atoms with Crippen LogP contribution in [0.25, 0.3) is 10.8 Å². The Morgan fingerprint density at radius 1 is 0.571 bits per heavy atom. The van der Waals surface area contributed by atoms with Gasteiger partial charge in [0.15, 0.2) is 0 Å². The second kappa shape index (κ2) is 13.1. The number of nitrogens with zero attached hydrogens (tertiary/aromatic N) is 4. The first-order chi connectivity index (χ1) is 16.8. The zero-order valence-electron chi connectivity index (χ0n) is 19.9.